The minimum atomic E-state index is -1.11. The minimum Gasteiger partial charge on any atom is -0.317 e. The molecule has 7 nitrogen and oxygen atoms in total. The monoisotopic (exact) mass is 344 g/mol. The highest BCUT2D eigenvalue weighted by molar-refractivity contribution is 7.17. The second kappa shape index (κ2) is 5.79. The van der Waals surface area contributed by atoms with Crippen molar-refractivity contribution >= 4 is 39.9 Å². The lowest BCUT2D eigenvalue weighted by Crippen LogP contribution is -2.58. The van der Waals surface area contributed by atoms with Crippen LogP contribution in [0.1, 0.15) is 35.6 Å². The molecule has 0 fully saturated rings. The molecule has 3 heterocycles. The highest BCUT2D eigenvalue weighted by atomic mass is 32.1. The van der Waals surface area contributed by atoms with Gasteiger partial charge in [-0.25, -0.2) is 4.98 Å². The van der Waals surface area contributed by atoms with E-state index in [9.17, 15) is 14.4 Å². The molecule has 2 aliphatic rings. The number of amidine groups is 1. The number of thiazole rings is 1. The first-order valence-electron chi connectivity index (χ1n) is 7.37. The fourth-order valence-electron chi connectivity index (χ4n) is 2.69. The Hall–Kier alpha value is -2.61. The molecule has 8 heteroatoms. The van der Waals surface area contributed by atoms with Crippen molar-refractivity contribution in [1.29, 1.82) is 0 Å². The Labute approximate surface area is 142 Å². The summed E-state index contributed by atoms with van der Waals surface area (Å²) in [7, 11) is 0. The summed E-state index contributed by atoms with van der Waals surface area (Å²) in [4.78, 5) is 46.7. The van der Waals surface area contributed by atoms with Gasteiger partial charge in [0.25, 0.3) is 11.8 Å². The third-order valence-electron chi connectivity index (χ3n) is 3.93. The average Bonchev–Trinajstić information content (AvgIpc) is 2.87. The molecule has 1 unspecified atom stereocenters. The summed E-state index contributed by atoms with van der Waals surface area (Å²) >= 11 is 1.13. The maximum atomic E-state index is 12.8. The molecule has 0 spiro atoms. The molecule has 1 aromatic heterocycles. The third-order valence-corrected chi connectivity index (χ3v) is 5.10. The van der Waals surface area contributed by atoms with Crippen molar-refractivity contribution in [3.63, 3.8) is 0 Å². The first kappa shape index (κ1) is 16.3. The van der Waals surface area contributed by atoms with E-state index in [1.54, 1.807) is 43.2 Å². The van der Waals surface area contributed by atoms with Crippen molar-refractivity contribution < 1.29 is 14.4 Å². The Morgan fingerprint density at radius 1 is 1.38 bits per heavy atom. The van der Waals surface area contributed by atoms with Crippen molar-refractivity contribution in [2.45, 2.75) is 32.7 Å². The van der Waals surface area contributed by atoms with Crippen LogP contribution in [0.4, 0.5) is 5.13 Å². The van der Waals surface area contributed by atoms with Gasteiger partial charge in [-0.2, -0.15) is 4.99 Å². The van der Waals surface area contributed by atoms with Crippen LogP contribution in [0.2, 0.25) is 0 Å². The molecule has 0 aliphatic carbocycles. The summed E-state index contributed by atoms with van der Waals surface area (Å²) in [6, 6.07) is 0. The summed E-state index contributed by atoms with van der Waals surface area (Å²) in [6.45, 7) is 4.86. The van der Waals surface area contributed by atoms with Gasteiger partial charge in [0.05, 0.1) is 17.0 Å². The Morgan fingerprint density at radius 3 is 2.79 bits per heavy atom. The van der Waals surface area contributed by atoms with Gasteiger partial charge in [0, 0.05) is 13.1 Å². The van der Waals surface area contributed by atoms with E-state index < -0.39 is 5.54 Å². The first-order valence-corrected chi connectivity index (χ1v) is 8.18. The van der Waals surface area contributed by atoms with Crippen LogP contribution in [0.3, 0.4) is 0 Å². The Kier molecular flexibility index (Phi) is 3.92. The van der Waals surface area contributed by atoms with Gasteiger partial charge in [0.15, 0.2) is 10.9 Å². The molecule has 24 heavy (non-hydrogen) atoms. The van der Waals surface area contributed by atoms with E-state index in [4.69, 9.17) is 0 Å². The molecule has 0 saturated carbocycles. The number of hydrogen-bond donors (Lipinski definition) is 1. The number of amides is 2. The van der Waals surface area contributed by atoms with Gasteiger partial charge in [-0.05, 0) is 26.0 Å². The number of nitrogens with one attached hydrogen (secondary N) is 1. The fourth-order valence-corrected chi connectivity index (χ4v) is 3.54. The van der Waals surface area contributed by atoms with Crippen molar-refractivity contribution in [2.75, 3.05) is 5.32 Å². The van der Waals surface area contributed by atoms with Crippen molar-refractivity contribution in [2.24, 2.45) is 4.99 Å². The second-order valence-corrected chi connectivity index (χ2v) is 6.83. The van der Waals surface area contributed by atoms with E-state index in [0.717, 1.165) is 11.3 Å². The van der Waals surface area contributed by atoms with Crippen LogP contribution in [0, 0.1) is 6.92 Å². The Bertz CT molecular complexity index is 836. The van der Waals surface area contributed by atoms with Crippen molar-refractivity contribution in [3.05, 3.63) is 35.0 Å². The van der Waals surface area contributed by atoms with Crippen LogP contribution < -0.4 is 5.32 Å². The maximum Gasteiger partial charge on any atom is 0.252 e. The highest BCUT2D eigenvalue weighted by Crippen LogP contribution is 2.30. The Morgan fingerprint density at radius 2 is 2.12 bits per heavy atom. The van der Waals surface area contributed by atoms with Gasteiger partial charge in [-0.15, -0.1) is 0 Å². The number of aryl methyl sites for hydroxylation is 1. The van der Waals surface area contributed by atoms with Gasteiger partial charge >= 0.3 is 0 Å². The van der Waals surface area contributed by atoms with Gasteiger partial charge in [0.2, 0.25) is 0 Å². The second-order valence-electron chi connectivity index (χ2n) is 5.83. The van der Waals surface area contributed by atoms with Crippen LogP contribution in [0.25, 0.3) is 0 Å². The number of ketones is 1. The number of aromatic nitrogens is 1. The molecule has 0 radical (unpaired) electrons. The van der Waals surface area contributed by atoms with Gasteiger partial charge in [0.1, 0.15) is 11.4 Å². The Balaban J connectivity index is 1.89. The number of allylic oxidation sites excluding steroid dienone is 2. The van der Waals surface area contributed by atoms with Gasteiger partial charge in [-0.3, -0.25) is 19.7 Å². The van der Waals surface area contributed by atoms with E-state index in [-0.39, 0.29) is 24.0 Å². The number of fused-ring (bicyclic) bond motifs is 1. The average molecular weight is 344 g/mol. The zero-order valence-electron chi connectivity index (χ0n) is 13.5. The summed E-state index contributed by atoms with van der Waals surface area (Å²) in [5, 5.41) is 3.08. The summed E-state index contributed by atoms with van der Waals surface area (Å²) in [5.41, 5.74) is -0.526. The molecule has 124 valence electrons. The zero-order valence-corrected chi connectivity index (χ0v) is 14.3. The molecule has 2 amide bonds. The molecule has 1 N–H and O–H groups in total. The molecule has 0 bridgehead atoms. The normalized spacial score (nSPS) is 22.2. The predicted octanol–water partition coefficient (Wildman–Crippen LogP) is 2.07. The highest BCUT2D eigenvalue weighted by Gasteiger charge is 2.45. The fraction of sp³-hybridized carbons (Fsp3) is 0.312. The molecule has 0 saturated heterocycles. The van der Waals surface area contributed by atoms with E-state index in [1.807, 2.05) is 0 Å². The number of nitrogens with zero attached hydrogens (tertiary/aromatic N) is 3. The molecule has 1 aromatic rings. The predicted molar refractivity (Wildman–Crippen MR) is 91.1 cm³/mol. The number of carbonyl (C=O) groups is 3. The number of Topliss-reactive ketones (excluding diaryl/α,β-unsaturated/α-hetero) is 1. The van der Waals surface area contributed by atoms with Gasteiger partial charge in [-0.1, -0.05) is 17.4 Å². The van der Waals surface area contributed by atoms with Crippen LogP contribution in [0.5, 0.6) is 0 Å². The topological polar surface area (TPSA) is 91.7 Å². The molecule has 3 rings (SSSR count). The number of hydrogen-bond acceptors (Lipinski definition) is 6. The van der Waals surface area contributed by atoms with Crippen molar-refractivity contribution in [3.8, 4) is 0 Å². The maximum absolute atomic E-state index is 12.8. The molecular formula is C16H16N4O3S. The number of rotatable bonds is 3. The van der Waals surface area contributed by atoms with E-state index in [0.29, 0.717) is 21.5 Å². The number of aliphatic imine (C=N–C) groups is 1. The summed E-state index contributed by atoms with van der Waals surface area (Å²) < 4.78 is 0. The zero-order chi connectivity index (χ0) is 17.5. The first-order chi connectivity index (χ1) is 11.3. The van der Waals surface area contributed by atoms with Crippen LogP contribution in [0.15, 0.2) is 29.4 Å². The SMILES string of the molecule is CC(=O)c1sc(NC(=O)C2(C)CC(=O)N=C3C=CC=CN32)nc1C. The van der Waals surface area contributed by atoms with Gasteiger partial charge < -0.3 is 4.90 Å². The van der Waals surface area contributed by atoms with Crippen LogP contribution in [-0.2, 0) is 9.59 Å². The summed E-state index contributed by atoms with van der Waals surface area (Å²) in [6.07, 6.45) is 6.91. The minimum absolute atomic E-state index is 0.0373. The van der Waals surface area contributed by atoms with E-state index in [1.165, 1.54) is 6.92 Å². The molecule has 1 atom stereocenters. The molecule has 2 aliphatic heterocycles. The lowest BCUT2D eigenvalue weighted by Gasteiger charge is -2.41. The quantitative estimate of drug-likeness (QED) is 0.848. The third kappa shape index (κ3) is 2.69. The molecular weight excluding hydrogens is 328 g/mol. The van der Waals surface area contributed by atoms with Crippen molar-refractivity contribution in [1.82, 2.24) is 9.88 Å². The molecule has 0 aromatic carbocycles. The van der Waals surface area contributed by atoms with Crippen LogP contribution >= 0.6 is 11.3 Å². The standard InChI is InChI=1S/C16H16N4O3S/c1-9-13(10(2)21)24-15(17-9)19-14(23)16(3)8-12(22)18-11-6-4-5-7-20(11)16/h4-7H,8H2,1-3H3,(H,17,19,23). The van der Waals surface area contributed by atoms with E-state index >= 15 is 0 Å². The number of carbonyl (C=O) groups excluding carboxylic acids is 3. The largest absolute Gasteiger partial charge is 0.317 e. The van der Waals surface area contributed by atoms with E-state index in [2.05, 4.69) is 15.3 Å². The smallest absolute Gasteiger partial charge is 0.252 e. The summed E-state index contributed by atoms with van der Waals surface area (Å²) in [5.74, 6) is -0.375. The lowest BCUT2D eigenvalue weighted by molar-refractivity contribution is -0.130. The number of anilines is 1. The lowest BCUT2D eigenvalue weighted by atomic mass is 9.91. The van der Waals surface area contributed by atoms with Crippen LogP contribution in [-0.4, -0.2) is 38.9 Å².